The van der Waals surface area contributed by atoms with E-state index in [9.17, 15) is 0 Å². The third-order valence-electron chi connectivity index (χ3n) is 8.61. The van der Waals surface area contributed by atoms with Gasteiger partial charge in [-0.05, 0) is 96.6 Å². The zero-order chi connectivity index (χ0) is 28.5. The zero-order valence-corrected chi connectivity index (χ0v) is 24.3. The average molecular weight is 539 g/mol. The summed E-state index contributed by atoms with van der Waals surface area (Å²) in [5, 5.41) is 5.40. The highest BCUT2D eigenvalue weighted by atomic mass is 14.2. The Morgan fingerprint density at radius 3 is 1.79 bits per heavy atom. The molecule has 0 heterocycles. The third-order valence-corrected chi connectivity index (χ3v) is 8.61. The molecule has 7 rings (SSSR count). The molecule has 0 spiro atoms. The van der Waals surface area contributed by atoms with E-state index in [0.29, 0.717) is 0 Å². The molecule has 0 amide bonds. The molecular weight excluding hydrogens is 504 g/mol. The average Bonchev–Trinajstić information content (AvgIpc) is 3.05. The third kappa shape index (κ3) is 4.70. The number of aryl methyl sites for hydroxylation is 1. The summed E-state index contributed by atoms with van der Waals surface area (Å²) in [7, 11) is 0. The molecule has 0 N–H and O–H groups in total. The van der Waals surface area contributed by atoms with Gasteiger partial charge in [0.15, 0.2) is 0 Å². The molecule has 0 aliphatic carbocycles. The van der Waals surface area contributed by atoms with Crippen molar-refractivity contribution in [2.45, 2.75) is 26.7 Å². The van der Waals surface area contributed by atoms with E-state index < -0.39 is 0 Å². The summed E-state index contributed by atoms with van der Waals surface area (Å²) < 4.78 is 0. The molecule has 0 radical (unpaired) electrons. The lowest BCUT2D eigenvalue weighted by Gasteiger charge is -2.18. The summed E-state index contributed by atoms with van der Waals surface area (Å²) >= 11 is 0. The summed E-state index contributed by atoms with van der Waals surface area (Å²) in [5.41, 5.74) is 12.9. The van der Waals surface area contributed by atoms with Gasteiger partial charge in [0.2, 0.25) is 0 Å². The first kappa shape index (κ1) is 26.0. The number of hydrogen-bond donors (Lipinski definition) is 0. The fraction of sp³-hybridized carbons (Fsp3) is 0.0952. The fourth-order valence-electron chi connectivity index (χ4n) is 6.53. The van der Waals surface area contributed by atoms with Gasteiger partial charge in [0.1, 0.15) is 0 Å². The lowest BCUT2D eigenvalue weighted by Crippen LogP contribution is -1.94. The van der Waals surface area contributed by atoms with Gasteiger partial charge < -0.3 is 0 Å². The number of fused-ring (bicyclic) bond motifs is 3. The first-order chi connectivity index (χ1) is 20.7. The quantitative estimate of drug-likeness (QED) is 0.185. The molecular formula is C42H34. The molecule has 0 fully saturated rings. The van der Waals surface area contributed by atoms with Gasteiger partial charge in [0, 0.05) is 0 Å². The van der Waals surface area contributed by atoms with Crippen LogP contribution in [0.5, 0.6) is 0 Å². The van der Waals surface area contributed by atoms with Gasteiger partial charge in [-0.15, -0.1) is 0 Å². The van der Waals surface area contributed by atoms with Gasteiger partial charge in [-0.3, -0.25) is 0 Å². The Morgan fingerprint density at radius 1 is 0.429 bits per heavy atom. The lowest BCUT2D eigenvalue weighted by molar-refractivity contribution is 0.931. The van der Waals surface area contributed by atoms with Crippen molar-refractivity contribution >= 4 is 21.5 Å². The van der Waals surface area contributed by atoms with Crippen molar-refractivity contribution < 1.29 is 0 Å². The highest BCUT2D eigenvalue weighted by molar-refractivity contribution is 6.14. The molecule has 0 bridgehead atoms. The van der Waals surface area contributed by atoms with Gasteiger partial charge in [0.05, 0.1) is 0 Å². The monoisotopic (exact) mass is 538 g/mol. The highest BCUT2D eigenvalue weighted by Crippen LogP contribution is 2.40. The van der Waals surface area contributed by atoms with E-state index in [1.54, 1.807) is 0 Å². The first-order valence-corrected chi connectivity index (χ1v) is 15.0. The molecule has 202 valence electrons. The minimum absolute atomic E-state index is 1.07. The SMILES string of the molecule is CCCc1cc2ccccc2c2cccc(-c3cccc(-c4ccc(-c5cccc(-c6ccccc6)c5)cc4)c3C)c12. The van der Waals surface area contributed by atoms with E-state index in [2.05, 4.69) is 159 Å². The number of rotatable bonds is 6. The summed E-state index contributed by atoms with van der Waals surface area (Å²) in [6, 6.07) is 53.3. The summed E-state index contributed by atoms with van der Waals surface area (Å²) in [6.45, 7) is 4.55. The van der Waals surface area contributed by atoms with Crippen LogP contribution in [-0.4, -0.2) is 0 Å². The van der Waals surface area contributed by atoms with Crippen molar-refractivity contribution in [2.24, 2.45) is 0 Å². The second-order valence-corrected chi connectivity index (χ2v) is 11.2. The van der Waals surface area contributed by atoms with Crippen LogP contribution < -0.4 is 0 Å². The Balaban J connectivity index is 1.30. The Labute approximate surface area is 248 Å². The predicted octanol–water partition coefficient (Wildman–Crippen LogP) is 11.9. The maximum Gasteiger partial charge on any atom is -0.00668 e. The molecule has 0 saturated carbocycles. The molecule has 0 heteroatoms. The second-order valence-electron chi connectivity index (χ2n) is 11.2. The van der Waals surface area contributed by atoms with Crippen LogP contribution >= 0.6 is 0 Å². The number of hydrogen-bond acceptors (Lipinski definition) is 0. The van der Waals surface area contributed by atoms with E-state index in [1.807, 2.05) is 0 Å². The van der Waals surface area contributed by atoms with Gasteiger partial charge in [-0.25, -0.2) is 0 Å². The minimum Gasteiger partial charge on any atom is -0.0651 e. The maximum absolute atomic E-state index is 2.41. The van der Waals surface area contributed by atoms with Crippen LogP contribution in [0.15, 0.2) is 146 Å². The molecule has 7 aromatic carbocycles. The molecule has 0 aliphatic heterocycles. The highest BCUT2D eigenvalue weighted by Gasteiger charge is 2.15. The largest absolute Gasteiger partial charge is 0.0651 e. The maximum atomic E-state index is 2.41. The van der Waals surface area contributed by atoms with Crippen LogP contribution in [-0.2, 0) is 6.42 Å². The summed E-state index contributed by atoms with van der Waals surface area (Å²) in [6.07, 6.45) is 2.20. The summed E-state index contributed by atoms with van der Waals surface area (Å²) in [5.74, 6) is 0. The summed E-state index contributed by atoms with van der Waals surface area (Å²) in [4.78, 5) is 0. The van der Waals surface area contributed by atoms with E-state index in [-0.39, 0.29) is 0 Å². The molecule has 7 aromatic rings. The first-order valence-electron chi connectivity index (χ1n) is 15.0. The van der Waals surface area contributed by atoms with Crippen molar-refractivity contribution in [2.75, 3.05) is 0 Å². The lowest BCUT2D eigenvalue weighted by atomic mass is 9.86. The molecule has 0 unspecified atom stereocenters. The van der Waals surface area contributed by atoms with Crippen LogP contribution in [0.4, 0.5) is 0 Å². The molecule has 0 saturated heterocycles. The van der Waals surface area contributed by atoms with Gasteiger partial charge in [-0.1, -0.05) is 153 Å². The Morgan fingerprint density at radius 2 is 1.00 bits per heavy atom. The number of benzene rings is 7. The Bertz CT molecular complexity index is 2030. The van der Waals surface area contributed by atoms with E-state index in [4.69, 9.17) is 0 Å². The van der Waals surface area contributed by atoms with E-state index in [1.165, 1.54) is 77.2 Å². The van der Waals surface area contributed by atoms with Crippen molar-refractivity contribution in [1.82, 2.24) is 0 Å². The van der Waals surface area contributed by atoms with Crippen LogP contribution in [0.3, 0.4) is 0 Å². The van der Waals surface area contributed by atoms with E-state index in [0.717, 1.165) is 12.8 Å². The van der Waals surface area contributed by atoms with Crippen LogP contribution in [0.25, 0.3) is 66.1 Å². The Kier molecular flexibility index (Phi) is 6.90. The van der Waals surface area contributed by atoms with Crippen LogP contribution in [0, 0.1) is 6.92 Å². The van der Waals surface area contributed by atoms with Gasteiger partial charge in [-0.2, -0.15) is 0 Å². The Hall–Kier alpha value is -4.94. The van der Waals surface area contributed by atoms with Gasteiger partial charge in [0.25, 0.3) is 0 Å². The van der Waals surface area contributed by atoms with Crippen molar-refractivity contribution in [3.05, 3.63) is 157 Å². The smallest absolute Gasteiger partial charge is 0.00668 e. The fourth-order valence-corrected chi connectivity index (χ4v) is 6.53. The normalized spacial score (nSPS) is 11.3. The molecule has 42 heavy (non-hydrogen) atoms. The molecule has 0 nitrogen and oxygen atoms in total. The zero-order valence-electron chi connectivity index (χ0n) is 24.3. The predicted molar refractivity (Wildman–Crippen MR) is 182 cm³/mol. The van der Waals surface area contributed by atoms with Crippen LogP contribution in [0.2, 0.25) is 0 Å². The van der Waals surface area contributed by atoms with Crippen molar-refractivity contribution in [1.29, 1.82) is 0 Å². The second kappa shape index (κ2) is 11.1. The topological polar surface area (TPSA) is 0 Å². The molecule has 0 aliphatic rings. The van der Waals surface area contributed by atoms with Crippen molar-refractivity contribution in [3.63, 3.8) is 0 Å². The van der Waals surface area contributed by atoms with E-state index >= 15 is 0 Å². The molecule has 0 aromatic heterocycles. The standard InChI is InChI=1S/C42H34/c1-3-12-36-28-35-15-7-8-18-39(35)41-22-11-21-40(42(36)41)38-20-10-19-37(29(38)2)32-25-23-31(24-26-32)34-17-9-16-33(27-34)30-13-5-4-6-14-30/h4-11,13-28H,3,12H2,1-2H3. The minimum atomic E-state index is 1.07. The van der Waals surface area contributed by atoms with Gasteiger partial charge >= 0.3 is 0 Å². The van der Waals surface area contributed by atoms with Crippen molar-refractivity contribution in [3.8, 4) is 44.5 Å². The van der Waals surface area contributed by atoms with Crippen LogP contribution in [0.1, 0.15) is 24.5 Å². The molecule has 0 atom stereocenters.